The lowest BCUT2D eigenvalue weighted by Crippen LogP contribution is -2.15. The van der Waals surface area contributed by atoms with Crippen molar-refractivity contribution in [2.45, 2.75) is 6.92 Å². The summed E-state index contributed by atoms with van der Waals surface area (Å²) in [6.07, 6.45) is 1.74. The highest BCUT2D eigenvalue weighted by Gasteiger charge is 2.14. The first-order valence-electron chi connectivity index (χ1n) is 7.58. The molecule has 0 fully saturated rings. The molecule has 0 radical (unpaired) electrons. The van der Waals surface area contributed by atoms with Crippen LogP contribution in [-0.4, -0.2) is 31.1 Å². The number of benzene rings is 2. The summed E-state index contributed by atoms with van der Waals surface area (Å²) < 4.78 is 0. The molecule has 0 aliphatic rings. The molecule has 0 bridgehead atoms. The van der Waals surface area contributed by atoms with E-state index in [1.54, 1.807) is 13.0 Å². The van der Waals surface area contributed by atoms with E-state index in [-0.39, 0.29) is 17.2 Å². The van der Waals surface area contributed by atoms with Crippen molar-refractivity contribution in [3.63, 3.8) is 0 Å². The van der Waals surface area contributed by atoms with E-state index in [9.17, 15) is 14.7 Å². The average molecular weight is 359 g/mol. The number of nitrogens with zero attached hydrogens (tertiary/aromatic N) is 1. The fourth-order valence-corrected chi connectivity index (χ4v) is 2.38. The molecule has 0 unspecified atom stereocenters. The van der Waals surface area contributed by atoms with Crippen LogP contribution in [0.5, 0.6) is 0 Å². The predicted molar refractivity (Wildman–Crippen MR) is 101 cm³/mol. The molecule has 0 heterocycles. The van der Waals surface area contributed by atoms with Gasteiger partial charge in [0.05, 0.1) is 11.3 Å². The van der Waals surface area contributed by atoms with Gasteiger partial charge in [-0.25, -0.2) is 4.79 Å². The molecule has 0 aliphatic heterocycles. The Hall–Kier alpha value is -2.79. The van der Waals surface area contributed by atoms with Crippen LogP contribution in [0.1, 0.15) is 22.8 Å². The van der Waals surface area contributed by atoms with E-state index in [0.717, 1.165) is 11.3 Å². The molecule has 6 heteroatoms. The number of halogens is 1. The number of nitrogens with one attached hydrogen (secondary N) is 1. The maximum absolute atomic E-state index is 12.3. The van der Waals surface area contributed by atoms with Crippen molar-refractivity contribution in [2.24, 2.45) is 0 Å². The Bertz CT molecular complexity index is 827. The van der Waals surface area contributed by atoms with Crippen LogP contribution in [0.25, 0.3) is 6.08 Å². The summed E-state index contributed by atoms with van der Waals surface area (Å²) in [4.78, 5) is 25.6. The SMILES string of the molecule is C/C(=C\c1ccc(N(C)C)cc1)C(=O)Nc1ccc(Cl)cc1C(=O)O. The van der Waals surface area contributed by atoms with Gasteiger partial charge in [0, 0.05) is 30.4 Å². The Balaban J connectivity index is 2.19. The maximum atomic E-state index is 12.3. The number of anilines is 2. The van der Waals surface area contributed by atoms with Gasteiger partial charge in [0.1, 0.15) is 0 Å². The zero-order chi connectivity index (χ0) is 18.6. The van der Waals surface area contributed by atoms with Crippen LogP contribution < -0.4 is 10.2 Å². The summed E-state index contributed by atoms with van der Waals surface area (Å²) in [7, 11) is 3.91. The van der Waals surface area contributed by atoms with Gasteiger partial charge in [-0.15, -0.1) is 0 Å². The molecule has 0 aromatic heterocycles. The Labute approximate surface area is 151 Å². The highest BCUT2D eigenvalue weighted by Crippen LogP contribution is 2.22. The van der Waals surface area contributed by atoms with E-state index in [1.807, 2.05) is 43.3 Å². The van der Waals surface area contributed by atoms with Crippen LogP contribution in [0.4, 0.5) is 11.4 Å². The molecule has 0 aliphatic carbocycles. The van der Waals surface area contributed by atoms with Crippen molar-refractivity contribution in [1.29, 1.82) is 0 Å². The monoisotopic (exact) mass is 358 g/mol. The highest BCUT2D eigenvalue weighted by atomic mass is 35.5. The van der Waals surface area contributed by atoms with Gasteiger partial charge in [-0.1, -0.05) is 23.7 Å². The van der Waals surface area contributed by atoms with Gasteiger partial charge in [-0.3, -0.25) is 4.79 Å². The summed E-state index contributed by atoms with van der Waals surface area (Å²) in [5.74, 6) is -1.53. The third-order valence-electron chi connectivity index (χ3n) is 3.61. The Kier molecular flexibility index (Phi) is 5.83. The lowest BCUT2D eigenvalue weighted by molar-refractivity contribution is -0.112. The molecule has 1 amide bonds. The number of amides is 1. The summed E-state index contributed by atoms with van der Waals surface area (Å²) in [5.41, 5.74) is 2.56. The van der Waals surface area contributed by atoms with Crippen molar-refractivity contribution in [3.05, 3.63) is 64.2 Å². The van der Waals surface area contributed by atoms with Crippen LogP contribution in [0, 0.1) is 0 Å². The van der Waals surface area contributed by atoms with Crippen LogP contribution in [-0.2, 0) is 4.79 Å². The van der Waals surface area contributed by atoms with Crippen LogP contribution in [0.3, 0.4) is 0 Å². The number of carbonyl (C=O) groups is 2. The number of carboxylic acids is 1. The van der Waals surface area contributed by atoms with E-state index >= 15 is 0 Å². The van der Waals surface area contributed by atoms with Crippen molar-refractivity contribution in [2.75, 3.05) is 24.3 Å². The van der Waals surface area contributed by atoms with Crippen molar-refractivity contribution in [3.8, 4) is 0 Å². The fourth-order valence-electron chi connectivity index (χ4n) is 2.21. The van der Waals surface area contributed by atoms with E-state index in [4.69, 9.17) is 11.6 Å². The first-order valence-corrected chi connectivity index (χ1v) is 7.95. The third kappa shape index (κ3) is 4.84. The number of hydrogen-bond acceptors (Lipinski definition) is 3. The van der Waals surface area contributed by atoms with Gasteiger partial charge in [0.2, 0.25) is 0 Å². The summed E-state index contributed by atoms with van der Waals surface area (Å²) >= 11 is 5.81. The van der Waals surface area contributed by atoms with Crippen molar-refractivity contribution >= 4 is 40.9 Å². The van der Waals surface area contributed by atoms with Crippen LogP contribution in [0.2, 0.25) is 5.02 Å². The minimum atomic E-state index is -1.15. The first kappa shape index (κ1) is 18.5. The molecule has 130 valence electrons. The number of carboxylic acid groups (broad SMARTS) is 1. The third-order valence-corrected chi connectivity index (χ3v) is 3.85. The number of hydrogen-bond donors (Lipinski definition) is 2. The number of aromatic carboxylic acids is 1. The second kappa shape index (κ2) is 7.85. The average Bonchev–Trinajstić information content (AvgIpc) is 2.56. The van der Waals surface area contributed by atoms with Crippen LogP contribution in [0.15, 0.2) is 48.0 Å². The minimum absolute atomic E-state index is 0.0519. The van der Waals surface area contributed by atoms with E-state index < -0.39 is 5.97 Å². The van der Waals surface area contributed by atoms with Gasteiger partial charge in [-0.05, 0) is 48.9 Å². The van der Waals surface area contributed by atoms with Gasteiger partial charge in [0.25, 0.3) is 5.91 Å². The highest BCUT2D eigenvalue weighted by molar-refractivity contribution is 6.31. The summed E-state index contributed by atoms with van der Waals surface area (Å²) in [5, 5.41) is 12.1. The number of carbonyl (C=O) groups excluding carboxylic acids is 1. The Morgan fingerprint density at radius 1 is 1.12 bits per heavy atom. The molecule has 0 spiro atoms. The van der Waals surface area contributed by atoms with Crippen molar-refractivity contribution < 1.29 is 14.7 Å². The zero-order valence-corrected chi connectivity index (χ0v) is 15.0. The molecule has 5 nitrogen and oxygen atoms in total. The lowest BCUT2D eigenvalue weighted by atomic mass is 10.1. The molecule has 0 saturated carbocycles. The van der Waals surface area contributed by atoms with E-state index in [2.05, 4.69) is 5.32 Å². The topological polar surface area (TPSA) is 69.6 Å². The van der Waals surface area contributed by atoms with Gasteiger partial charge < -0.3 is 15.3 Å². The maximum Gasteiger partial charge on any atom is 0.337 e. The largest absolute Gasteiger partial charge is 0.478 e. The molecule has 0 saturated heterocycles. The molecule has 2 aromatic carbocycles. The number of rotatable bonds is 5. The van der Waals surface area contributed by atoms with Crippen LogP contribution >= 0.6 is 11.6 Å². The fraction of sp³-hybridized carbons (Fsp3) is 0.158. The molecule has 25 heavy (non-hydrogen) atoms. The zero-order valence-electron chi connectivity index (χ0n) is 14.2. The molecule has 0 atom stereocenters. The summed E-state index contributed by atoms with van der Waals surface area (Å²) in [6.45, 7) is 1.67. The normalized spacial score (nSPS) is 11.1. The predicted octanol–water partition coefficient (Wildman–Crippen LogP) is 4.15. The minimum Gasteiger partial charge on any atom is -0.478 e. The molecule has 2 aromatic rings. The molecular weight excluding hydrogens is 340 g/mol. The Morgan fingerprint density at radius 2 is 1.76 bits per heavy atom. The lowest BCUT2D eigenvalue weighted by Gasteiger charge is -2.12. The first-order chi connectivity index (χ1) is 11.8. The van der Waals surface area contributed by atoms with Gasteiger partial charge in [-0.2, -0.15) is 0 Å². The van der Waals surface area contributed by atoms with Crippen molar-refractivity contribution in [1.82, 2.24) is 0 Å². The van der Waals surface area contributed by atoms with E-state index in [1.165, 1.54) is 18.2 Å². The van der Waals surface area contributed by atoms with E-state index in [0.29, 0.717) is 10.6 Å². The standard InChI is InChI=1S/C19H19ClN2O3/c1-12(10-13-4-7-15(8-5-13)22(2)3)18(23)21-17-9-6-14(20)11-16(17)19(24)25/h4-11H,1-3H3,(H,21,23)(H,24,25)/b12-10+. The summed E-state index contributed by atoms with van der Waals surface area (Å²) in [6, 6.07) is 12.1. The van der Waals surface area contributed by atoms with Gasteiger partial charge >= 0.3 is 5.97 Å². The molecular formula is C19H19ClN2O3. The van der Waals surface area contributed by atoms with Gasteiger partial charge in [0.15, 0.2) is 0 Å². The molecule has 2 rings (SSSR count). The smallest absolute Gasteiger partial charge is 0.337 e. The Morgan fingerprint density at radius 3 is 2.32 bits per heavy atom. The quantitative estimate of drug-likeness (QED) is 0.788. The second-order valence-corrected chi connectivity index (χ2v) is 6.20. The molecule has 2 N–H and O–H groups in total. The second-order valence-electron chi connectivity index (χ2n) is 5.76.